The fourth-order valence-corrected chi connectivity index (χ4v) is 3.30. The lowest BCUT2D eigenvalue weighted by Crippen LogP contribution is -2.35. The number of aromatic nitrogens is 4. The standard InChI is InChI=1S/C21H23F6N5O/c1-14(2)31(9-3-8-20(22,23)24)10-11-32-13-28-16-12-15(4-6-17(16)32)5-7-18-29-19(33-30-18)21(25,26)27/h4-7,12-14H,3,8-11H2,1-2H3/b7-5+. The Morgan fingerprint density at radius 1 is 1.09 bits per heavy atom. The highest BCUT2D eigenvalue weighted by Gasteiger charge is 2.38. The molecule has 0 saturated carbocycles. The Bertz CT molecular complexity index is 1080. The van der Waals surface area contributed by atoms with Crippen LogP contribution in [0.15, 0.2) is 29.0 Å². The van der Waals surface area contributed by atoms with Gasteiger partial charge in [0.25, 0.3) is 0 Å². The van der Waals surface area contributed by atoms with E-state index in [9.17, 15) is 26.3 Å². The number of hydrogen-bond donors (Lipinski definition) is 0. The topological polar surface area (TPSA) is 60.0 Å². The van der Waals surface area contributed by atoms with Crippen molar-refractivity contribution in [3.8, 4) is 0 Å². The zero-order chi connectivity index (χ0) is 24.2. The summed E-state index contributed by atoms with van der Waals surface area (Å²) in [5.74, 6) is -1.61. The first-order valence-corrected chi connectivity index (χ1v) is 10.3. The van der Waals surface area contributed by atoms with Crippen LogP contribution in [0, 0.1) is 0 Å². The molecule has 0 amide bonds. The third kappa shape index (κ3) is 7.04. The molecule has 0 radical (unpaired) electrons. The van der Waals surface area contributed by atoms with Crippen LogP contribution in [0.25, 0.3) is 23.2 Å². The van der Waals surface area contributed by atoms with Crippen LogP contribution in [0.3, 0.4) is 0 Å². The molecule has 0 unspecified atom stereocenters. The van der Waals surface area contributed by atoms with Gasteiger partial charge in [-0.15, -0.1) is 0 Å². The van der Waals surface area contributed by atoms with E-state index in [1.807, 2.05) is 29.4 Å². The molecule has 0 aliphatic rings. The van der Waals surface area contributed by atoms with E-state index in [4.69, 9.17) is 0 Å². The molecule has 12 heteroatoms. The number of nitrogens with zero attached hydrogens (tertiary/aromatic N) is 5. The van der Waals surface area contributed by atoms with Crippen LogP contribution in [-0.4, -0.2) is 49.9 Å². The monoisotopic (exact) mass is 475 g/mol. The highest BCUT2D eigenvalue weighted by atomic mass is 19.4. The van der Waals surface area contributed by atoms with Crippen molar-refractivity contribution < 1.29 is 30.9 Å². The third-order valence-electron chi connectivity index (χ3n) is 5.02. The molecule has 0 N–H and O–H groups in total. The SMILES string of the molecule is CC(C)N(CCCC(F)(F)F)CCn1cnc2cc(/C=C/c3noc(C(F)(F)F)n3)ccc21. The number of benzene rings is 1. The average Bonchev–Trinajstić information content (AvgIpc) is 3.34. The number of fused-ring (bicyclic) bond motifs is 1. The zero-order valence-electron chi connectivity index (χ0n) is 18.0. The van der Waals surface area contributed by atoms with E-state index in [-0.39, 0.29) is 18.3 Å². The van der Waals surface area contributed by atoms with Crippen molar-refractivity contribution in [3.05, 3.63) is 41.8 Å². The van der Waals surface area contributed by atoms with Crippen molar-refractivity contribution in [2.45, 2.75) is 51.6 Å². The molecule has 0 aliphatic carbocycles. The van der Waals surface area contributed by atoms with Crippen LogP contribution < -0.4 is 0 Å². The van der Waals surface area contributed by atoms with Gasteiger partial charge in [-0.2, -0.15) is 31.3 Å². The molecular formula is C21H23F6N5O. The van der Waals surface area contributed by atoms with Gasteiger partial charge in [-0.25, -0.2) is 4.98 Å². The fourth-order valence-electron chi connectivity index (χ4n) is 3.30. The largest absolute Gasteiger partial charge is 0.471 e. The zero-order valence-corrected chi connectivity index (χ0v) is 18.0. The molecule has 0 bridgehead atoms. The van der Waals surface area contributed by atoms with Gasteiger partial charge in [-0.3, -0.25) is 4.90 Å². The molecule has 0 atom stereocenters. The summed E-state index contributed by atoms with van der Waals surface area (Å²) in [6.07, 6.45) is -5.10. The van der Waals surface area contributed by atoms with E-state index in [0.29, 0.717) is 30.7 Å². The van der Waals surface area contributed by atoms with E-state index < -0.39 is 24.7 Å². The van der Waals surface area contributed by atoms with Gasteiger partial charge in [0.1, 0.15) is 0 Å². The molecule has 3 aromatic rings. The number of halogens is 6. The average molecular weight is 475 g/mol. The van der Waals surface area contributed by atoms with Gasteiger partial charge < -0.3 is 9.09 Å². The molecule has 0 aliphatic heterocycles. The van der Waals surface area contributed by atoms with Crippen LogP contribution in [0.1, 0.15) is 44.0 Å². The Balaban J connectivity index is 1.63. The maximum absolute atomic E-state index is 12.5. The van der Waals surface area contributed by atoms with Crippen molar-refractivity contribution in [3.63, 3.8) is 0 Å². The summed E-state index contributed by atoms with van der Waals surface area (Å²) in [6, 6.07) is 5.46. The van der Waals surface area contributed by atoms with Crippen LogP contribution in [0.4, 0.5) is 26.3 Å². The Labute approximate surface area is 185 Å². The van der Waals surface area contributed by atoms with Crippen molar-refractivity contribution >= 4 is 23.2 Å². The molecule has 3 rings (SSSR count). The Kier molecular flexibility index (Phi) is 7.45. The van der Waals surface area contributed by atoms with Crippen molar-refractivity contribution in [2.24, 2.45) is 0 Å². The number of rotatable bonds is 9. The van der Waals surface area contributed by atoms with E-state index >= 15 is 0 Å². The molecule has 180 valence electrons. The predicted molar refractivity (Wildman–Crippen MR) is 110 cm³/mol. The fraction of sp³-hybridized carbons (Fsp3) is 0.476. The van der Waals surface area contributed by atoms with Crippen LogP contribution in [0.5, 0.6) is 0 Å². The second kappa shape index (κ2) is 9.94. The molecular weight excluding hydrogens is 452 g/mol. The quantitative estimate of drug-likeness (QED) is 0.374. The minimum atomic E-state index is -4.70. The molecule has 2 heterocycles. The minimum absolute atomic E-state index is 0.0485. The molecule has 1 aromatic carbocycles. The summed E-state index contributed by atoms with van der Waals surface area (Å²) in [7, 11) is 0. The van der Waals surface area contributed by atoms with E-state index in [1.54, 1.807) is 24.5 Å². The summed E-state index contributed by atoms with van der Waals surface area (Å²) < 4.78 is 81.0. The summed E-state index contributed by atoms with van der Waals surface area (Å²) >= 11 is 0. The number of imidazole rings is 1. The van der Waals surface area contributed by atoms with Gasteiger partial charge in [0, 0.05) is 25.6 Å². The van der Waals surface area contributed by atoms with Gasteiger partial charge in [0.05, 0.1) is 17.4 Å². The van der Waals surface area contributed by atoms with E-state index in [1.165, 1.54) is 6.08 Å². The summed E-state index contributed by atoms with van der Waals surface area (Å²) in [5, 5.41) is 3.27. The number of hydrogen-bond acceptors (Lipinski definition) is 5. The first-order valence-electron chi connectivity index (χ1n) is 10.3. The van der Waals surface area contributed by atoms with Gasteiger partial charge >= 0.3 is 18.2 Å². The number of alkyl halides is 6. The second-order valence-electron chi connectivity index (χ2n) is 7.82. The summed E-state index contributed by atoms with van der Waals surface area (Å²) in [6.45, 7) is 5.37. The van der Waals surface area contributed by atoms with Crippen molar-refractivity contribution in [1.29, 1.82) is 0 Å². The molecule has 6 nitrogen and oxygen atoms in total. The summed E-state index contributed by atoms with van der Waals surface area (Å²) in [4.78, 5) is 9.62. The maximum atomic E-state index is 12.5. The highest BCUT2D eigenvalue weighted by molar-refractivity contribution is 5.80. The molecule has 0 spiro atoms. The Morgan fingerprint density at radius 3 is 2.48 bits per heavy atom. The van der Waals surface area contributed by atoms with Crippen molar-refractivity contribution in [1.82, 2.24) is 24.6 Å². The van der Waals surface area contributed by atoms with Gasteiger partial charge in [0.2, 0.25) is 0 Å². The Hall–Kier alpha value is -2.89. The van der Waals surface area contributed by atoms with Crippen LogP contribution in [0.2, 0.25) is 0 Å². The lowest BCUT2D eigenvalue weighted by atomic mass is 10.2. The van der Waals surface area contributed by atoms with E-state index in [0.717, 1.165) is 5.52 Å². The molecule has 0 saturated heterocycles. The molecule has 2 aromatic heterocycles. The smallest absolute Gasteiger partial charge is 0.329 e. The van der Waals surface area contributed by atoms with Gasteiger partial charge in [0.15, 0.2) is 5.82 Å². The third-order valence-corrected chi connectivity index (χ3v) is 5.02. The van der Waals surface area contributed by atoms with Crippen LogP contribution in [-0.2, 0) is 12.7 Å². The lowest BCUT2D eigenvalue weighted by molar-refractivity contribution is -0.159. The first-order chi connectivity index (χ1) is 15.4. The van der Waals surface area contributed by atoms with Crippen LogP contribution >= 0.6 is 0 Å². The lowest BCUT2D eigenvalue weighted by Gasteiger charge is -2.26. The van der Waals surface area contributed by atoms with E-state index in [2.05, 4.69) is 19.6 Å². The summed E-state index contributed by atoms with van der Waals surface area (Å²) in [5.41, 5.74) is 2.20. The van der Waals surface area contributed by atoms with Gasteiger partial charge in [-0.05, 0) is 50.6 Å². The molecule has 33 heavy (non-hydrogen) atoms. The highest BCUT2D eigenvalue weighted by Crippen LogP contribution is 2.27. The predicted octanol–water partition coefficient (Wildman–Crippen LogP) is 5.66. The molecule has 0 fully saturated rings. The minimum Gasteiger partial charge on any atom is -0.329 e. The first kappa shape index (κ1) is 24.7. The van der Waals surface area contributed by atoms with Crippen molar-refractivity contribution in [2.75, 3.05) is 13.1 Å². The normalized spacial score (nSPS) is 13.3. The second-order valence-corrected chi connectivity index (χ2v) is 7.82. The Morgan fingerprint density at radius 2 is 1.85 bits per heavy atom. The van der Waals surface area contributed by atoms with Gasteiger partial charge in [-0.1, -0.05) is 17.3 Å². The maximum Gasteiger partial charge on any atom is 0.471 e.